The standard InChI is InChI=1S/C7H11ClO5S/c1-7(5-13-14(8,10)11)3-2-4-12-6(7)9/h2-5H2,1H3. The van der Waals surface area contributed by atoms with Crippen molar-refractivity contribution in [3.05, 3.63) is 0 Å². The largest absolute Gasteiger partial charge is 0.465 e. The van der Waals surface area contributed by atoms with Gasteiger partial charge < -0.3 is 4.74 Å². The van der Waals surface area contributed by atoms with E-state index in [4.69, 9.17) is 15.4 Å². The molecule has 0 aromatic carbocycles. The molecule has 0 N–H and O–H groups in total. The SMILES string of the molecule is CC1(COS(=O)(=O)Cl)CCCOC1=O. The average Bonchev–Trinajstić information content (AvgIpc) is 2.06. The predicted octanol–water partition coefficient (Wildman–Crippen LogP) is 0.830. The minimum Gasteiger partial charge on any atom is -0.465 e. The molecule has 0 radical (unpaired) electrons. The van der Waals surface area contributed by atoms with E-state index in [2.05, 4.69) is 4.18 Å². The first-order valence-electron chi connectivity index (χ1n) is 4.10. The van der Waals surface area contributed by atoms with Crippen LogP contribution < -0.4 is 0 Å². The number of carbonyl (C=O) groups excluding carboxylic acids is 1. The molecule has 1 fully saturated rings. The molecule has 1 aliphatic heterocycles. The van der Waals surface area contributed by atoms with Gasteiger partial charge in [-0.3, -0.25) is 8.98 Å². The molecule has 1 saturated heterocycles. The summed E-state index contributed by atoms with van der Waals surface area (Å²) in [5.41, 5.74) is -0.903. The van der Waals surface area contributed by atoms with Crippen molar-refractivity contribution in [1.29, 1.82) is 0 Å². The van der Waals surface area contributed by atoms with Crippen molar-refractivity contribution in [2.45, 2.75) is 19.8 Å². The quantitative estimate of drug-likeness (QED) is 0.542. The van der Waals surface area contributed by atoms with Gasteiger partial charge in [-0.2, -0.15) is 8.42 Å². The van der Waals surface area contributed by atoms with Gasteiger partial charge in [-0.25, -0.2) is 0 Å². The zero-order valence-corrected chi connectivity index (χ0v) is 9.23. The van der Waals surface area contributed by atoms with Crippen molar-refractivity contribution >= 4 is 26.0 Å². The first kappa shape index (κ1) is 11.7. The maximum absolute atomic E-state index is 11.3. The summed E-state index contributed by atoms with van der Waals surface area (Å²) < 4.78 is 30.2. The minimum absolute atomic E-state index is 0.266. The van der Waals surface area contributed by atoms with Crippen LogP contribution in [-0.2, 0) is 23.0 Å². The lowest BCUT2D eigenvalue weighted by atomic mass is 9.85. The van der Waals surface area contributed by atoms with Crippen LogP contribution in [-0.4, -0.2) is 27.6 Å². The molecule has 0 aromatic rings. The maximum Gasteiger partial charge on any atom is 0.355 e. The Balaban J connectivity index is 2.60. The highest BCUT2D eigenvalue weighted by Gasteiger charge is 2.39. The number of carbonyl (C=O) groups is 1. The van der Waals surface area contributed by atoms with Crippen molar-refractivity contribution < 1.29 is 22.1 Å². The molecule has 14 heavy (non-hydrogen) atoms. The highest BCUT2D eigenvalue weighted by molar-refractivity contribution is 8.09. The van der Waals surface area contributed by atoms with E-state index < -0.39 is 20.7 Å². The Morgan fingerprint density at radius 1 is 1.64 bits per heavy atom. The lowest BCUT2D eigenvalue weighted by molar-refractivity contribution is -0.162. The molecule has 7 heteroatoms. The minimum atomic E-state index is -4.02. The summed E-state index contributed by atoms with van der Waals surface area (Å²) >= 11 is 0. The molecule has 1 unspecified atom stereocenters. The van der Waals surface area contributed by atoms with Crippen LogP contribution in [0.15, 0.2) is 0 Å². The van der Waals surface area contributed by atoms with Crippen LogP contribution in [0.3, 0.4) is 0 Å². The lowest BCUT2D eigenvalue weighted by Gasteiger charge is -2.30. The van der Waals surface area contributed by atoms with Gasteiger partial charge in [0.1, 0.15) is 0 Å². The van der Waals surface area contributed by atoms with Gasteiger partial charge >= 0.3 is 15.3 Å². The van der Waals surface area contributed by atoms with E-state index in [1.54, 1.807) is 6.92 Å². The molecule has 1 atom stereocenters. The summed E-state index contributed by atoms with van der Waals surface area (Å²) in [5.74, 6) is -0.441. The normalized spacial score (nSPS) is 28.6. The molecule has 5 nitrogen and oxygen atoms in total. The molecule has 82 valence electrons. The van der Waals surface area contributed by atoms with Crippen LogP contribution in [0.4, 0.5) is 0 Å². The van der Waals surface area contributed by atoms with Crippen molar-refractivity contribution in [3.63, 3.8) is 0 Å². The monoisotopic (exact) mass is 242 g/mol. The highest BCUT2D eigenvalue weighted by atomic mass is 35.7. The Bertz CT molecular complexity index is 325. The molecule has 0 saturated carbocycles. The van der Waals surface area contributed by atoms with E-state index in [1.807, 2.05) is 0 Å². The summed E-state index contributed by atoms with van der Waals surface area (Å²) in [4.78, 5) is 11.3. The number of hydrogen-bond acceptors (Lipinski definition) is 5. The van der Waals surface area contributed by atoms with Gasteiger partial charge in [0.15, 0.2) is 0 Å². The molecule has 0 bridgehead atoms. The first-order valence-corrected chi connectivity index (χ1v) is 6.33. The van der Waals surface area contributed by atoms with E-state index in [9.17, 15) is 13.2 Å². The van der Waals surface area contributed by atoms with Crippen LogP contribution in [0, 0.1) is 5.41 Å². The predicted molar refractivity (Wildman–Crippen MR) is 49.0 cm³/mol. The maximum atomic E-state index is 11.3. The molecule has 0 spiro atoms. The Morgan fingerprint density at radius 2 is 2.29 bits per heavy atom. The van der Waals surface area contributed by atoms with Crippen molar-refractivity contribution in [3.8, 4) is 0 Å². The van der Waals surface area contributed by atoms with Gasteiger partial charge in [0, 0.05) is 10.7 Å². The van der Waals surface area contributed by atoms with Crippen LogP contribution in [0.25, 0.3) is 0 Å². The first-order chi connectivity index (χ1) is 6.33. The Kier molecular flexibility index (Phi) is 3.39. The number of hydrogen-bond donors (Lipinski definition) is 0. The third-order valence-corrected chi connectivity index (χ3v) is 2.78. The smallest absolute Gasteiger partial charge is 0.355 e. The number of cyclic esters (lactones) is 1. The number of rotatable bonds is 3. The fourth-order valence-electron chi connectivity index (χ4n) is 1.24. The van der Waals surface area contributed by atoms with Gasteiger partial charge in [-0.1, -0.05) is 0 Å². The van der Waals surface area contributed by atoms with Crippen LogP contribution in [0.1, 0.15) is 19.8 Å². The molecule has 1 aliphatic rings. The van der Waals surface area contributed by atoms with E-state index in [-0.39, 0.29) is 6.61 Å². The van der Waals surface area contributed by atoms with Crippen LogP contribution in [0.2, 0.25) is 0 Å². The van der Waals surface area contributed by atoms with E-state index >= 15 is 0 Å². The highest BCUT2D eigenvalue weighted by Crippen LogP contribution is 2.30. The fraction of sp³-hybridized carbons (Fsp3) is 0.857. The average molecular weight is 243 g/mol. The summed E-state index contributed by atoms with van der Waals surface area (Å²) in [6, 6.07) is 0. The van der Waals surface area contributed by atoms with Crippen LogP contribution in [0.5, 0.6) is 0 Å². The second kappa shape index (κ2) is 4.04. The third kappa shape index (κ3) is 3.11. The number of halogens is 1. The molecular weight excluding hydrogens is 232 g/mol. The molecular formula is C7H11ClO5S. The summed E-state index contributed by atoms with van der Waals surface area (Å²) in [7, 11) is 0.839. The number of esters is 1. The van der Waals surface area contributed by atoms with Crippen molar-refractivity contribution in [2.24, 2.45) is 5.41 Å². The molecule has 0 amide bonds. The Labute approximate surface area is 87.0 Å². The molecule has 0 aliphatic carbocycles. The fourth-order valence-corrected chi connectivity index (χ4v) is 1.77. The topological polar surface area (TPSA) is 69.7 Å². The third-order valence-electron chi connectivity index (χ3n) is 2.12. The Hall–Kier alpha value is -0.330. The Morgan fingerprint density at radius 3 is 2.79 bits per heavy atom. The van der Waals surface area contributed by atoms with Gasteiger partial charge in [-0.05, 0) is 19.8 Å². The summed E-state index contributed by atoms with van der Waals surface area (Å²) in [6.07, 6.45) is 1.24. The molecule has 0 aromatic heterocycles. The van der Waals surface area contributed by atoms with Gasteiger partial charge in [0.25, 0.3) is 0 Å². The second-order valence-corrected chi connectivity index (χ2v) is 5.61. The second-order valence-electron chi connectivity index (χ2n) is 3.46. The zero-order chi connectivity index (χ0) is 10.8. The van der Waals surface area contributed by atoms with Crippen molar-refractivity contribution in [1.82, 2.24) is 0 Å². The molecule has 1 heterocycles. The lowest BCUT2D eigenvalue weighted by Crippen LogP contribution is -2.38. The van der Waals surface area contributed by atoms with Crippen LogP contribution >= 0.6 is 10.7 Å². The summed E-state index contributed by atoms with van der Waals surface area (Å²) in [6.45, 7) is 1.70. The van der Waals surface area contributed by atoms with E-state index in [1.165, 1.54) is 0 Å². The van der Waals surface area contributed by atoms with Gasteiger partial charge in [0.2, 0.25) is 0 Å². The van der Waals surface area contributed by atoms with Crippen molar-refractivity contribution in [2.75, 3.05) is 13.2 Å². The van der Waals surface area contributed by atoms with Gasteiger partial charge in [-0.15, -0.1) is 0 Å². The van der Waals surface area contributed by atoms with Gasteiger partial charge in [0.05, 0.1) is 18.6 Å². The zero-order valence-electron chi connectivity index (χ0n) is 7.66. The van der Waals surface area contributed by atoms with E-state index in [0.717, 1.165) is 0 Å². The van der Waals surface area contributed by atoms with E-state index in [0.29, 0.717) is 19.4 Å². The summed E-state index contributed by atoms with van der Waals surface area (Å²) in [5, 5.41) is 0. The number of ether oxygens (including phenoxy) is 1. The molecule has 1 rings (SSSR count).